The second kappa shape index (κ2) is 8.27. The van der Waals surface area contributed by atoms with E-state index in [4.69, 9.17) is 10.5 Å². The monoisotopic (exact) mass is 358 g/mol. The van der Waals surface area contributed by atoms with Crippen molar-refractivity contribution in [3.63, 3.8) is 0 Å². The quantitative estimate of drug-likeness (QED) is 0.806. The lowest BCUT2D eigenvalue weighted by Crippen LogP contribution is -2.44. The molecule has 0 bridgehead atoms. The summed E-state index contributed by atoms with van der Waals surface area (Å²) < 4.78 is 5.22. The average molecular weight is 358 g/mol. The standard InChI is InChI=1S/C19H22N2O3S/c20-16(11-18(22)24-12-14-5-2-1-3-6-14)19(23)21-9-4-7-17(21)15-8-10-25-13-15/h1-3,5-6,8,10,13,16-17H,4,7,9,11-12,20H2/t16-,17?/m0/s1. The van der Waals surface area contributed by atoms with Crippen LogP contribution in [0.1, 0.15) is 36.4 Å². The summed E-state index contributed by atoms with van der Waals surface area (Å²) in [6.45, 7) is 0.883. The smallest absolute Gasteiger partial charge is 0.308 e. The highest BCUT2D eigenvalue weighted by molar-refractivity contribution is 7.08. The van der Waals surface area contributed by atoms with Crippen molar-refractivity contribution in [3.8, 4) is 0 Å². The van der Waals surface area contributed by atoms with Gasteiger partial charge in [-0.3, -0.25) is 9.59 Å². The van der Waals surface area contributed by atoms with Gasteiger partial charge in [0.2, 0.25) is 5.91 Å². The molecule has 0 saturated carbocycles. The zero-order valence-electron chi connectivity index (χ0n) is 14.0. The third-order valence-corrected chi connectivity index (χ3v) is 5.11. The first kappa shape index (κ1) is 17.6. The van der Waals surface area contributed by atoms with E-state index in [1.165, 1.54) is 0 Å². The maximum atomic E-state index is 12.7. The van der Waals surface area contributed by atoms with Crippen LogP contribution < -0.4 is 5.73 Å². The fraction of sp³-hybridized carbons (Fsp3) is 0.368. The van der Waals surface area contributed by atoms with E-state index in [2.05, 4.69) is 5.38 Å². The summed E-state index contributed by atoms with van der Waals surface area (Å²) in [6, 6.07) is 10.7. The Kier molecular flexibility index (Phi) is 5.83. The Labute approximate surface area is 151 Å². The van der Waals surface area contributed by atoms with Crippen LogP contribution in [0.25, 0.3) is 0 Å². The number of amides is 1. The first-order valence-corrected chi connectivity index (χ1v) is 9.37. The third kappa shape index (κ3) is 4.46. The lowest BCUT2D eigenvalue weighted by Gasteiger charge is -2.26. The zero-order chi connectivity index (χ0) is 17.6. The minimum absolute atomic E-state index is 0.0742. The number of hydrogen-bond acceptors (Lipinski definition) is 5. The molecule has 0 spiro atoms. The van der Waals surface area contributed by atoms with Crippen LogP contribution in [-0.2, 0) is 20.9 Å². The maximum Gasteiger partial charge on any atom is 0.308 e. The number of rotatable bonds is 6. The molecule has 2 atom stereocenters. The van der Waals surface area contributed by atoms with Crippen molar-refractivity contribution in [2.75, 3.05) is 6.54 Å². The van der Waals surface area contributed by atoms with Gasteiger partial charge in [0.05, 0.1) is 18.5 Å². The molecule has 2 N–H and O–H groups in total. The van der Waals surface area contributed by atoms with Crippen molar-refractivity contribution in [1.82, 2.24) is 4.90 Å². The van der Waals surface area contributed by atoms with Crippen LogP contribution in [0.3, 0.4) is 0 Å². The Morgan fingerprint density at radius 2 is 2.08 bits per heavy atom. The molecule has 6 heteroatoms. The van der Waals surface area contributed by atoms with Gasteiger partial charge in [0, 0.05) is 6.54 Å². The molecule has 1 aromatic carbocycles. The van der Waals surface area contributed by atoms with Gasteiger partial charge < -0.3 is 15.4 Å². The summed E-state index contributed by atoms with van der Waals surface area (Å²) in [5, 5.41) is 4.08. The van der Waals surface area contributed by atoms with Gasteiger partial charge in [-0.05, 0) is 40.8 Å². The van der Waals surface area contributed by atoms with Crippen LogP contribution in [-0.4, -0.2) is 29.4 Å². The second-order valence-corrected chi connectivity index (χ2v) is 6.98. The Morgan fingerprint density at radius 3 is 2.80 bits per heavy atom. The number of likely N-dealkylation sites (tertiary alicyclic amines) is 1. The van der Waals surface area contributed by atoms with Crippen LogP contribution >= 0.6 is 11.3 Å². The first-order chi connectivity index (χ1) is 12.1. The van der Waals surface area contributed by atoms with Crippen LogP contribution in [0.5, 0.6) is 0 Å². The minimum atomic E-state index is -0.859. The van der Waals surface area contributed by atoms with Crippen molar-refractivity contribution in [3.05, 3.63) is 58.3 Å². The predicted octanol–water partition coefficient (Wildman–Crippen LogP) is 2.87. The van der Waals surface area contributed by atoms with E-state index < -0.39 is 12.0 Å². The third-order valence-electron chi connectivity index (χ3n) is 4.41. The number of ether oxygens (including phenoxy) is 1. The number of carbonyl (C=O) groups excluding carboxylic acids is 2. The van der Waals surface area contributed by atoms with E-state index in [-0.39, 0.29) is 25.0 Å². The van der Waals surface area contributed by atoms with Crippen LogP contribution in [0.4, 0.5) is 0 Å². The van der Waals surface area contributed by atoms with Crippen molar-refractivity contribution < 1.29 is 14.3 Å². The Morgan fingerprint density at radius 1 is 1.28 bits per heavy atom. The topological polar surface area (TPSA) is 72.6 Å². The Hall–Kier alpha value is -2.18. The van der Waals surface area contributed by atoms with Crippen LogP contribution in [0, 0.1) is 0 Å². The fourth-order valence-electron chi connectivity index (χ4n) is 3.12. The molecule has 25 heavy (non-hydrogen) atoms. The van der Waals surface area contributed by atoms with Crippen LogP contribution in [0.2, 0.25) is 0 Å². The fourth-order valence-corrected chi connectivity index (χ4v) is 3.83. The van der Waals surface area contributed by atoms with Gasteiger partial charge in [-0.15, -0.1) is 0 Å². The van der Waals surface area contributed by atoms with Crippen molar-refractivity contribution in [2.24, 2.45) is 5.73 Å². The predicted molar refractivity (Wildman–Crippen MR) is 96.8 cm³/mol. The van der Waals surface area contributed by atoms with Gasteiger partial charge >= 0.3 is 5.97 Å². The van der Waals surface area contributed by atoms with Crippen LogP contribution in [0.15, 0.2) is 47.2 Å². The molecule has 1 amide bonds. The summed E-state index contributed by atoms with van der Waals surface area (Å²) in [6.07, 6.45) is 1.80. The molecule has 1 aromatic heterocycles. The van der Waals surface area contributed by atoms with Gasteiger partial charge in [-0.25, -0.2) is 0 Å². The van der Waals surface area contributed by atoms with E-state index in [0.717, 1.165) is 24.0 Å². The van der Waals surface area contributed by atoms with Gasteiger partial charge in [-0.2, -0.15) is 11.3 Å². The highest BCUT2D eigenvalue weighted by Gasteiger charge is 2.33. The number of hydrogen-bond donors (Lipinski definition) is 1. The molecule has 1 fully saturated rings. The molecular formula is C19H22N2O3S. The summed E-state index contributed by atoms with van der Waals surface area (Å²) in [7, 11) is 0. The van der Waals surface area contributed by atoms with E-state index in [9.17, 15) is 9.59 Å². The van der Waals surface area contributed by atoms with Gasteiger partial charge in [0.15, 0.2) is 0 Å². The van der Waals surface area contributed by atoms with E-state index in [1.807, 2.05) is 41.8 Å². The minimum Gasteiger partial charge on any atom is -0.461 e. The lowest BCUT2D eigenvalue weighted by atomic mass is 10.1. The highest BCUT2D eigenvalue weighted by atomic mass is 32.1. The zero-order valence-corrected chi connectivity index (χ0v) is 14.8. The summed E-state index contributed by atoms with van der Waals surface area (Å²) in [4.78, 5) is 26.4. The molecular weight excluding hydrogens is 336 g/mol. The van der Waals surface area contributed by atoms with E-state index in [1.54, 1.807) is 16.2 Å². The lowest BCUT2D eigenvalue weighted by molar-refractivity contribution is -0.148. The second-order valence-electron chi connectivity index (χ2n) is 6.20. The highest BCUT2D eigenvalue weighted by Crippen LogP contribution is 2.33. The van der Waals surface area contributed by atoms with Gasteiger partial charge in [-0.1, -0.05) is 30.3 Å². The molecule has 0 radical (unpaired) electrons. The molecule has 132 valence electrons. The molecule has 1 unspecified atom stereocenters. The number of esters is 1. The largest absolute Gasteiger partial charge is 0.461 e. The number of benzene rings is 1. The summed E-state index contributed by atoms with van der Waals surface area (Å²) in [5.74, 6) is -0.624. The van der Waals surface area contributed by atoms with Gasteiger partial charge in [0.1, 0.15) is 6.61 Å². The molecule has 5 nitrogen and oxygen atoms in total. The molecule has 1 aliphatic heterocycles. The number of thiophene rings is 1. The normalized spacial score (nSPS) is 18.1. The first-order valence-electron chi connectivity index (χ1n) is 8.43. The van der Waals surface area contributed by atoms with E-state index in [0.29, 0.717) is 6.54 Å². The van der Waals surface area contributed by atoms with Gasteiger partial charge in [0.25, 0.3) is 0 Å². The Bertz CT molecular complexity index is 703. The Balaban J connectivity index is 1.52. The molecule has 0 aliphatic carbocycles. The number of nitrogens with two attached hydrogens (primary N) is 1. The molecule has 3 rings (SSSR count). The molecule has 2 heterocycles. The molecule has 1 aliphatic rings. The average Bonchev–Trinajstić information content (AvgIpc) is 3.31. The summed E-state index contributed by atoms with van der Waals surface area (Å²) >= 11 is 1.62. The number of nitrogens with zero attached hydrogens (tertiary/aromatic N) is 1. The maximum absolute atomic E-state index is 12.7. The molecule has 1 saturated heterocycles. The molecule has 2 aromatic rings. The van der Waals surface area contributed by atoms with Crippen molar-refractivity contribution >= 4 is 23.2 Å². The van der Waals surface area contributed by atoms with Crippen molar-refractivity contribution in [2.45, 2.75) is 38.0 Å². The summed E-state index contributed by atoms with van der Waals surface area (Å²) in [5.41, 5.74) is 8.05. The number of carbonyl (C=O) groups is 2. The van der Waals surface area contributed by atoms with Crippen molar-refractivity contribution in [1.29, 1.82) is 0 Å². The SMILES string of the molecule is N[C@@H](CC(=O)OCc1ccccc1)C(=O)N1CCCC1c1ccsc1. The van der Waals surface area contributed by atoms with E-state index >= 15 is 0 Å².